The summed E-state index contributed by atoms with van der Waals surface area (Å²) < 4.78 is 0.718. The van der Waals surface area contributed by atoms with Crippen LogP contribution in [-0.2, 0) is 0 Å². The molecule has 0 aromatic rings. The third-order valence-corrected chi connectivity index (χ3v) is 2.15. The first-order valence-corrected chi connectivity index (χ1v) is 3.81. The summed E-state index contributed by atoms with van der Waals surface area (Å²) in [6, 6.07) is 0.239. The van der Waals surface area contributed by atoms with Gasteiger partial charge in [-0.1, -0.05) is 12.2 Å². The average molecular weight is 162 g/mol. The minimum atomic E-state index is 0.239. The van der Waals surface area contributed by atoms with Gasteiger partial charge in [0.25, 0.3) is 0 Å². The van der Waals surface area contributed by atoms with E-state index >= 15 is 0 Å². The molecule has 1 aliphatic rings. The van der Waals surface area contributed by atoms with Crippen molar-refractivity contribution in [3.8, 4) is 0 Å². The van der Waals surface area contributed by atoms with Crippen molar-refractivity contribution in [3.63, 3.8) is 0 Å². The molecule has 1 atom stereocenters. The van der Waals surface area contributed by atoms with E-state index in [-0.39, 0.29) is 6.04 Å². The smallest absolute Gasteiger partial charge is 0.0650 e. The maximum Gasteiger partial charge on any atom is 0.0650 e. The maximum absolute atomic E-state index is 5.58. The second-order valence-corrected chi connectivity index (χ2v) is 3.46. The Kier molecular flexibility index (Phi) is 2.46. The van der Waals surface area contributed by atoms with Gasteiger partial charge in [-0.3, -0.25) is 5.84 Å². The van der Waals surface area contributed by atoms with Crippen LogP contribution in [-0.4, -0.2) is 21.8 Å². The van der Waals surface area contributed by atoms with Crippen LogP contribution in [0.2, 0.25) is 0 Å². The SMILES string of the molecule is NN1CCCC1C(=S)S. The summed E-state index contributed by atoms with van der Waals surface area (Å²) in [5.41, 5.74) is 0. The van der Waals surface area contributed by atoms with Gasteiger partial charge in [-0.15, -0.1) is 12.6 Å². The Morgan fingerprint density at radius 2 is 2.44 bits per heavy atom. The summed E-state index contributed by atoms with van der Waals surface area (Å²) in [7, 11) is 0. The van der Waals surface area contributed by atoms with Gasteiger partial charge in [-0.2, -0.15) is 0 Å². The molecular formula is C5H10N2S2. The Morgan fingerprint density at radius 3 is 2.67 bits per heavy atom. The molecule has 0 amide bonds. The molecule has 0 spiro atoms. The van der Waals surface area contributed by atoms with Crippen LogP contribution in [0.5, 0.6) is 0 Å². The number of hydrogen-bond donors (Lipinski definition) is 2. The molecule has 2 N–H and O–H groups in total. The highest BCUT2D eigenvalue weighted by Gasteiger charge is 2.23. The lowest BCUT2D eigenvalue weighted by Gasteiger charge is -2.16. The summed E-state index contributed by atoms with van der Waals surface area (Å²) >= 11 is 8.94. The molecule has 0 aliphatic carbocycles. The van der Waals surface area contributed by atoms with E-state index in [2.05, 4.69) is 12.6 Å². The monoisotopic (exact) mass is 162 g/mol. The Morgan fingerprint density at radius 1 is 1.78 bits per heavy atom. The van der Waals surface area contributed by atoms with Crippen LogP contribution in [0.3, 0.4) is 0 Å². The normalized spacial score (nSPS) is 28.9. The first-order chi connectivity index (χ1) is 4.22. The first-order valence-electron chi connectivity index (χ1n) is 2.96. The molecule has 1 aliphatic heterocycles. The lowest BCUT2D eigenvalue weighted by atomic mass is 10.2. The van der Waals surface area contributed by atoms with E-state index < -0.39 is 0 Å². The van der Waals surface area contributed by atoms with E-state index in [1.54, 1.807) is 5.01 Å². The van der Waals surface area contributed by atoms with Crippen LogP contribution >= 0.6 is 24.8 Å². The quantitative estimate of drug-likeness (QED) is 0.336. The number of nitrogens with two attached hydrogens (primary N) is 1. The number of thiol groups is 1. The Hall–Kier alpha value is 0.360. The zero-order valence-electron chi connectivity index (χ0n) is 5.08. The molecule has 0 radical (unpaired) electrons. The molecule has 1 rings (SSSR count). The fraction of sp³-hybridized carbons (Fsp3) is 0.800. The van der Waals surface area contributed by atoms with Gasteiger partial charge >= 0.3 is 0 Å². The van der Waals surface area contributed by atoms with Crippen molar-refractivity contribution >= 4 is 29.0 Å². The van der Waals surface area contributed by atoms with Crippen LogP contribution in [0.25, 0.3) is 0 Å². The number of hydrogen-bond acceptors (Lipinski definition) is 3. The summed E-state index contributed by atoms with van der Waals surface area (Å²) in [6.07, 6.45) is 2.21. The van der Waals surface area contributed by atoms with Gasteiger partial charge in [0.15, 0.2) is 0 Å². The number of rotatable bonds is 1. The number of thiocarbonyl (C=S) groups is 1. The van der Waals surface area contributed by atoms with Gasteiger partial charge in [0.05, 0.1) is 10.2 Å². The van der Waals surface area contributed by atoms with Crippen molar-refractivity contribution in [2.45, 2.75) is 18.9 Å². The third kappa shape index (κ3) is 1.64. The second kappa shape index (κ2) is 2.96. The Bertz CT molecular complexity index is 126. The molecule has 4 heteroatoms. The predicted octanol–water partition coefficient (Wildman–Crippen LogP) is 0.582. The molecular weight excluding hydrogens is 152 g/mol. The van der Waals surface area contributed by atoms with Crippen LogP contribution < -0.4 is 5.84 Å². The molecule has 0 saturated carbocycles. The van der Waals surface area contributed by atoms with Crippen LogP contribution in [0.1, 0.15) is 12.8 Å². The van der Waals surface area contributed by atoms with Gasteiger partial charge in [0.1, 0.15) is 0 Å². The van der Waals surface area contributed by atoms with Crippen LogP contribution in [0.4, 0.5) is 0 Å². The zero-order valence-corrected chi connectivity index (χ0v) is 6.79. The molecule has 9 heavy (non-hydrogen) atoms. The summed E-state index contributed by atoms with van der Waals surface area (Å²) in [5.74, 6) is 5.58. The highest BCUT2D eigenvalue weighted by Crippen LogP contribution is 2.15. The van der Waals surface area contributed by atoms with Crippen LogP contribution in [0, 0.1) is 0 Å². The summed E-state index contributed by atoms with van der Waals surface area (Å²) in [5, 5.41) is 1.76. The van der Waals surface area contributed by atoms with E-state index in [0.717, 1.165) is 23.6 Å². The van der Waals surface area contributed by atoms with Crippen molar-refractivity contribution in [1.82, 2.24) is 5.01 Å². The van der Waals surface area contributed by atoms with E-state index in [4.69, 9.17) is 18.1 Å². The Labute approximate surface area is 65.8 Å². The largest absolute Gasteiger partial charge is 0.268 e. The average Bonchev–Trinajstić information content (AvgIpc) is 2.13. The van der Waals surface area contributed by atoms with Gasteiger partial charge in [-0.25, -0.2) is 5.01 Å². The molecule has 1 fully saturated rings. The van der Waals surface area contributed by atoms with E-state index in [1.807, 2.05) is 0 Å². The van der Waals surface area contributed by atoms with Gasteiger partial charge < -0.3 is 0 Å². The number of nitrogens with zero attached hydrogens (tertiary/aromatic N) is 1. The minimum absolute atomic E-state index is 0.239. The lowest BCUT2D eigenvalue weighted by Crippen LogP contribution is -2.38. The third-order valence-electron chi connectivity index (χ3n) is 1.58. The van der Waals surface area contributed by atoms with Crippen molar-refractivity contribution in [1.29, 1.82) is 0 Å². The minimum Gasteiger partial charge on any atom is -0.268 e. The molecule has 0 aromatic carbocycles. The zero-order chi connectivity index (χ0) is 6.85. The van der Waals surface area contributed by atoms with E-state index in [0.29, 0.717) is 0 Å². The van der Waals surface area contributed by atoms with Crippen molar-refractivity contribution in [2.75, 3.05) is 6.54 Å². The standard InChI is InChI=1S/C5H10N2S2/c6-7-3-1-2-4(7)5(8)9/h4H,1-3,6H2,(H,8,9). The highest BCUT2D eigenvalue weighted by molar-refractivity contribution is 8.11. The van der Waals surface area contributed by atoms with Crippen molar-refractivity contribution in [2.24, 2.45) is 5.84 Å². The lowest BCUT2D eigenvalue weighted by molar-refractivity contribution is 0.319. The maximum atomic E-state index is 5.58. The van der Waals surface area contributed by atoms with Crippen molar-refractivity contribution in [3.05, 3.63) is 0 Å². The fourth-order valence-corrected chi connectivity index (χ4v) is 1.58. The Balaban J connectivity index is 2.49. The van der Waals surface area contributed by atoms with Crippen molar-refractivity contribution < 1.29 is 0 Å². The molecule has 52 valence electrons. The van der Waals surface area contributed by atoms with Gasteiger partial charge in [0.2, 0.25) is 0 Å². The topological polar surface area (TPSA) is 29.3 Å². The molecule has 0 bridgehead atoms. The van der Waals surface area contributed by atoms with Crippen LogP contribution in [0.15, 0.2) is 0 Å². The first kappa shape index (κ1) is 7.47. The molecule has 1 heterocycles. The molecule has 0 aromatic heterocycles. The molecule has 1 saturated heterocycles. The predicted molar refractivity (Wildman–Crippen MR) is 45.5 cm³/mol. The summed E-state index contributed by atoms with van der Waals surface area (Å²) in [4.78, 5) is 0. The molecule has 2 nitrogen and oxygen atoms in total. The molecule has 1 unspecified atom stereocenters. The van der Waals surface area contributed by atoms with E-state index in [9.17, 15) is 0 Å². The van der Waals surface area contributed by atoms with Gasteiger partial charge in [-0.05, 0) is 12.8 Å². The fourth-order valence-electron chi connectivity index (χ4n) is 1.05. The second-order valence-electron chi connectivity index (χ2n) is 2.23. The van der Waals surface area contributed by atoms with E-state index in [1.165, 1.54) is 0 Å². The summed E-state index contributed by atoms with van der Waals surface area (Å²) in [6.45, 7) is 0.950. The van der Waals surface area contributed by atoms with Gasteiger partial charge in [0, 0.05) is 6.54 Å². The number of hydrazine groups is 1. The highest BCUT2D eigenvalue weighted by atomic mass is 32.1.